The summed E-state index contributed by atoms with van der Waals surface area (Å²) >= 11 is 5.58. The zero-order valence-corrected chi connectivity index (χ0v) is 11.7. The lowest BCUT2D eigenvalue weighted by molar-refractivity contribution is 0.465. The number of nitrogens with two attached hydrogens (primary N) is 1. The Kier molecular flexibility index (Phi) is 4.97. The summed E-state index contributed by atoms with van der Waals surface area (Å²) in [5.41, 5.74) is 5.64. The minimum Gasteiger partial charge on any atom is -0.326 e. The predicted octanol–water partition coefficient (Wildman–Crippen LogP) is 1.62. The number of benzene rings is 1. The van der Waals surface area contributed by atoms with Crippen molar-refractivity contribution >= 4 is 34.0 Å². The van der Waals surface area contributed by atoms with Crippen molar-refractivity contribution in [2.75, 3.05) is 13.1 Å². The zero-order chi connectivity index (χ0) is 12.6. The molecule has 18 heavy (non-hydrogen) atoms. The molecule has 1 aromatic rings. The highest BCUT2D eigenvalue weighted by Crippen LogP contribution is 2.24. The average molecular weight is 315 g/mol. The van der Waals surface area contributed by atoms with Crippen LogP contribution in [-0.2, 0) is 10.0 Å². The van der Waals surface area contributed by atoms with Gasteiger partial charge in [0, 0.05) is 24.2 Å². The van der Waals surface area contributed by atoms with Crippen molar-refractivity contribution in [1.29, 1.82) is 0 Å². The monoisotopic (exact) mass is 314 g/mol. The fourth-order valence-corrected chi connectivity index (χ4v) is 3.51. The van der Waals surface area contributed by atoms with Crippen LogP contribution in [0.3, 0.4) is 0 Å². The van der Waals surface area contributed by atoms with Crippen LogP contribution in [0.15, 0.2) is 23.1 Å². The van der Waals surface area contributed by atoms with Crippen LogP contribution in [0.2, 0.25) is 5.02 Å². The van der Waals surface area contributed by atoms with E-state index in [0.29, 0.717) is 13.0 Å². The van der Waals surface area contributed by atoms with Gasteiger partial charge in [-0.2, -0.15) is 4.31 Å². The topological polar surface area (TPSA) is 63.4 Å². The Balaban J connectivity index is 0.00000162. The molecule has 0 unspecified atom stereocenters. The Hall–Kier alpha value is -0.400. The van der Waals surface area contributed by atoms with E-state index in [1.165, 1.54) is 16.4 Å². The van der Waals surface area contributed by atoms with Crippen LogP contribution in [0.5, 0.6) is 0 Å². The van der Waals surface area contributed by atoms with E-state index in [-0.39, 0.29) is 34.9 Å². The molecule has 1 fully saturated rings. The molecule has 0 saturated carbocycles. The van der Waals surface area contributed by atoms with Crippen molar-refractivity contribution in [2.45, 2.75) is 17.4 Å². The van der Waals surface area contributed by atoms with E-state index in [4.69, 9.17) is 17.3 Å². The fourth-order valence-electron chi connectivity index (χ4n) is 1.80. The molecular formula is C10H13Cl2FN2O2S. The van der Waals surface area contributed by atoms with Gasteiger partial charge < -0.3 is 5.73 Å². The van der Waals surface area contributed by atoms with Gasteiger partial charge >= 0.3 is 0 Å². The number of rotatable bonds is 2. The van der Waals surface area contributed by atoms with E-state index in [9.17, 15) is 12.8 Å². The normalized spacial score (nSPS) is 20.7. The second-order valence-electron chi connectivity index (χ2n) is 3.99. The lowest BCUT2D eigenvalue weighted by Crippen LogP contribution is -2.32. The molecule has 0 aliphatic carbocycles. The molecule has 1 aliphatic heterocycles. The molecule has 1 aliphatic rings. The first-order valence-electron chi connectivity index (χ1n) is 5.12. The molecule has 2 N–H and O–H groups in total. The van der Waals surface area contributed by atoms with Gasteiger partial charge in [0.05, 0.1) is 0 Å². The summed E-state index contributed by atoms with van der Waals surface area (Å²) in [7, 11) is -3.80. The van der Waals surface area contributed by atoms with Crippen LogP contribution in [0.1, 0.15) is 6.42 Å². The van der Waals surface area contributed by atoms with E-state index in [1.54, 1.807) is 0 Å². The van der Waals surface area contributed by atoms with Crippen LogP contribution in [0.25, 0.3) is 0 Å². The number of hydrogen-bond donors (Lipinski definition) is 1. The standard InChI is InChI=1S/C10H12ClFN2O2S.ClH/c11-7-1-2-10(9(12)5-7)17(15,16)14-4-3-8(13)6-14;/h1-2,5,8H,3-4,6,13H2;1H/t8-;/m1./s1. The van der Waals surface area contributed by atoms with Crippen molar-refractivity contribution in [3.63, 3.8) is 0 Å². The van der Waals surface area contributed by atoms with Crippen molar-refractivity contribution in [3.05, 3.63) is 29.0 Å². The highest BCUT2D eigenvalue weighted by molar-refractivity contribution is 7.89. The Bertz CT molecular complexity index is 539. The smallest absolute Gasteiger partial charge is 0.246 e. The van der Waals surface area contributed by atoms with Gasteiger partial charge in [0.25, 0.3) is 0 Å². The van der Waals surface area contributed by atoms with Gasteiger partial charge in [-0.25, -0.2) is 12.8 Å². The average Bonchev–Trinajstić information content (AvgIpc) is 2.64. The fraction of sp³-hybridized carbons (Fsp3) is 0.400. The van der Waals surface area contributed by atoms with Crippen LogP contribution in [0.4, 0.5) is 4.39 Å². The molecular weight excluding hydrogens is 302 g/mol. The van der Waals surface area contributed by atoms with Gasteiger partial charge in [-0.05, 0) is 24.6 Å². The minimum absolute atomic E-state index is 0. The van der Waals surface area contributed by atoms with Crippen molar-refractivity contribution in [1.82, 2.24) is 4.31 Å². The number of nitrogens with zero attached hydrogens (tertiary/aromatic N) is 1. The van der Waals surface area contributed by atoms with Gasteiger partial charge in [0.2, 0.25) is 10.0 Å². The summed E-state index contributed by atoms with van der Waals surface area (Å²) in [6, 6.07) is 3.34. The quantitative estimate of drug-likeness (QED) is 0.902. The maximum Gasteiger partial charge on any atom is 0.246 e. The number of sulfonamides is 1. The van der Waals surface area contributed by atoms with Gasteiger partial charge in [0.15, 0.2) is 0 Å². The third-order valence-electron chi connectivity index (χ3n) is 2.70. The largest absolute Gasteiger partial charge is 0.326 e. The van der Waals surface area contributed by atoms with Crippen LogP contribution >= 0.6 is 24.0 Å². The lowest BCUT2D eigenvalue weighted by Gasteiger charge is -2.16. The molecule has 2 rings (SSSR count). The Morgan fingerprint density at radius 1 is 1.44 bits per heavy atom. The zero-order valence-electron chi connectivity index (χ0n) is 9.34. The molecule has 0 radical (unpaired) electrons. The van der Waals surface area contributed by atoms with Crippen LogP contribution in [0, 0.1) is 5.82 Å². The number of hydrogen-bond acceptors (Lipinski definition) is 3. The van der Waals surface area contributed by atoms with E-state index >= 15 is 0 Å². The van der Waals surface area contributed by atoms with Crippen LogP contribution < -0.4 is 5.73 Å². The first kappa shape index (κ1) is 15.7. The molecule has 0 spiro atoms. The molecule has 0 aromatic heterocycles. The van der Waals surface area contributed by atoms with Crippen molar-refractivity contribution in [3.8, 4) is 0 Å². The van der Waals surface area contributed by atoms with Gasteiger partial charge in [-0.15, -0.1) is 12.4 Å². The van der Waals surface area contributed by atoms with Crippen molar-refractivity contribution in [2.24, 2.45) is 5.73 Å². The van der Waals surface area contributed by atoms with E-state index in [0.717, 1.165) is 6.07 Å². The van der Waals surface area contributed by atoms with Crippen LogP contribution in [-0.4, -0.2) is 31.9 Å². The first-order valence-corrected chi connectivity index (χ1v) is 6.94. The third kappa shape index (κ3) is 2.95. The second-order valence-corrected chi connectivity index (χ2v) is 6.33. The molecule has 102 valence electrons. The first-order chi connectivity index (χ1) is 7.91. The molecule has 0 amide bonds. The van der Waals surface area contributed by atoms with E-state index in [2.05, 4.69) is 0 Å². The number of halogens is 3. The highest BCUT2D eigenvalue weighted by atomic mass is 35.5. The molecule has 1 heterocycles. The molecule has 1 saturated heterocycles. The molecule has 1 aromatic carbocycles. The van der Waals surface area contributed by atoms with Gasteiger partial charge in [-0.1, -0.05) is 11.6 Å². The summed E-state index contributed by atoms with van der Waals surface area (Å²) in [6.07, 6.45) is 0.592. The lowest BCUT2D eigenvalue weighted by atomic mass is 10.3. The summed E-state index contributed by atoms with van der Waals surface area (Å²) in [5.74, 6) is -0.835. The highest BCUT2D eigenvalue weighted by Gasteiger charge is 2.32. The Morgan fingerprint density at radius 3 is 2.61 bits per heavy atom. The summed E-state index contributed by atoms with van der Waals surface area (Å²) in [4.78, 5) is -0.351. The van der Waals surface area contributed by atoms with E-state index < -0.39 is 15.8 Å². The Morgan fingerprint density at radius 2 is 2.11 bits per heavy atom. The maximum atomic E-state index is 13.6. The summed E-state index contributed by atoms with van der Waals surface area (Å²) in [6.45, 7) is 0.552. The summed E-state index contributed by atoms with van der Waals surface area (Å²) < 4.78 is 39.0. The maximum absolute atomic E-state index is 13.6. The van der Waals surface area contributed by atoms with Gasteiger partial charge in [0.1, 0.15) is 10.7 Å². The molecule has 1 atom stereocenters. The SMILES string of the molecule is Cl.N[C@@H]1CCN(S(=O)(=O)c2ccc(Cl)cc2F)C1. The van der Waals surface area contributed by atoms with Crippen molar-refractivity contribution < 1.29 is 12.8 Å². The molecule has 0 bridgehead atoms. The summed E-state index contributed by atoms with van der Waals surface area (Å²) in [5, 5.41) is 0.166. The van der Waals surface area contributed by atoms with Gasteiger partial charge in [-0.3, -0.25) is 0 Å². The molecule has 4 nitrogen and oxygen atoms in total. The second kappa shape index (κ2) is 5.71. The van der Waals surface area contributed by atoms with E-state index in [1.807, 2.05) is 0 Å². The molecule has 8 heteroatoms. The Labute approximate surface area is 116 Å². The minimum atomic E-state index is -3.80. The third-order valence-corrected chi connectivity index (χ3v) is 4.83. The predicted molar refractivity (Wildman–Crippen MR) is 70.0 cm³/mol.